The molecule has 0 aliphatic carbocycles. The number of benzene rings is 3. The molecular weight excluding hydrogens is 334 g/mol. The Bertz CT molecular complexity index is 735. The lowest BCUT2D eigenvalue weighted by Gasteiger charge is -2.37. The zero-order valence-corrected chi connectivity index (χ0v) is 15.0. The molecule has 122 valence electrons. The van der Waals surface area contributed by atoms with E-state index in [9.17, 15) is 0 Å². The molecule has 0 bridgehead atoms. The van der Waals surface area contributed by atoms with Crippen molar-refractivity contribution in [3.63, 3.8) is 0 Å². The van der Waals surface area contributed by atoms with Crippen LogP contribution in [0.1, 0.15) is 16.7 Å². The summed E-state index contributed by atoms with van der Waals surface area (Å²) in [6.07, 6.45) is 0. The van der Waals surface area contributed by atoms with Gasteiger partial charge in [-0.3, -0.25) is 5.32 Å². The number of nitrogens with one attached hydrogen (secondary N) is 1. The number of hydrogen-bond donors (Lipinski definition) is 2. The Morgan fingerprint density at radius 3 is 1.75 bits per heavy atom. The van der Waals surface area contributed by atoms with Gasteiger partial charge in [0.1, 0.15) is 0 Å². The molecule has 0 radical (unpaired) electrons. The van der Waals surface area contributed by atoms with E-state index in [2.05, 4.69) is 72.5 Å². The van der Waals surface area contributed by atoms with E-state index >= 15 is 0 Å². The highest BCUT2D eigenvalue weighted by atomic mass is 35.5. The van der Waals surface area contributed by atoms with Crippen LogP contribution in [0.4, 0.5) is 0 Å². The van der Waals surface area contributed by atoms with Gasteiger partial charge in [0.2, 0.25) is 0 Å². The van der Waals surface area contributed by atoms with Crippen LogP contribution >= 0.6 is 24.2 Å². The Kier molecular flexibility index (Phi) is 5.62. The Balaban J connectivity index is 2.31. The van der Waals surface area contributed by atoms with Gasteiger partial charge in [0.25, 0.3) is 0 Å². The van der Waals surface area contributed by atoms with Crippen molar-refractivity contribution in [1.82, 2.24) is 5.32 Å². The minimum Gasteiger partial charge on any atom is -0.299 e. The Morgan fingerprint density at radius 1 is 0.750 bits per heavy atom. The fourth-order valence-electron chi connectivity index (χ4n) is 3.16. The van der Waals surface area contributed by atoms with Crippen LogP contribution in [-0.2, 0) is 5.54 Å². The van der Waals surface area contributed by atoms with Gasteiger partial charge in [-0.15, -0.1) is 0 Å². The zero-order chi connectivity index (χ0) is 16.8. The van der Waals surface area contributed by atoms with E-state index in [4.69, 9.17) is 11.6 Å². The first-order valence-electron chi connectivity index (χ1n) is 8.01. The Hall–Kier alpha value is -1.74. The lowest BCUT2D eigenvalue weighted by Crippen LogP contribution is -2.45. The SMILES string of the molecule is SCCNC(c1ccccc1)(c1ccccc1)c1ccccc1Cl. The molecule has 3 rings (SSSR count). The average molecular weight is 354 g/mol. The van der Waals surface area contributed by atoms with Crippen molar-refractivity contribution in [3.8, 4) is 0 Å². The van der Waals surface area contributed by atoms with Crippen molar-refractivity contribution in [2.75, 3.05) is 12.3 Å². The molecule has 0 spiro atoms. The van der Waals surface area contributed by atoms with Crippen LogP contribution in [0, 0.1) is 0 Å². The molecule has 0 unspecified atom stereocenters. The summed E-state index contributed by atoms with van der Waals surface area (Å²) < 4.78 is 0. The molecule has 0 aliphatic rings. The van der Waals surface area contributed by atoms with E-state index in [1.165, 1.54) is 0 Å². The van der Waals surface area contributed by atoms with Gasteiger partial charge in [-0.25, -0.2) is 0 Å². The van der Waals surface area contributed by atoms with Crippen LogP contribution < -0.4 is 5.32 Å². The Labute approximate surface area is 154 Å². The third-order valence-electron chi connectivity index (χ3n) is 4.19. The van der Waals surface area contributed by atoms with Crippen molar-refractivity contribution in [2.45, 2.75) is 5.54 Å². The van der Waals surface area contributed by atoms with Crippen molar-refractivity contribution in [3.05, 3.63) is 107 Å². The lowest BCUT2D eigenvalue weighted by molar-refractivity contribution is 0.491. The van der Waals surface area contributed by atoms with Crippen molar-refractivity contribution >= 4 is 24.2 Å². The van der Waals surface area contributed by atoms with E-state index in [1.54, 1.807) is 0 Å². The smallest absolute Gasteiger partial charge is 0.0962 e. The summed E-state index contributed by atoms with van der Waals surface area (Å²) in [5, 5.41) is 4.46. The second kappa shape index (κ2) is 7.89. The highest BCUT2D eigenvalue weighted by Crippen LogP contribution is 2.39. The summed E-state index contributed by atoms with van der Waals surface area (Å²) >= 11 is 11.0. The van der Waals surface area contributed by atoms with Crippen LogP contribution in [-0.4, -0.2) is 12.3 Å². The molecule has 0 heterocycles. The van der Waals surface area contributed by atoms with E-state index in [0.29, 0.717) is 0 Å². The summed E-state index contributed by atoms with van der Waals surface area (Å²) in [6.45, 7) is 0.762. The van der Waals surface area contributed by atoms with Crippen LogP contribution in [0.15, 0.2) is 84.9 Å². The first kappa shape index (κ1) is 17.1. The van der Waals surface area contributed by atoms with Crippen LogP contribution in [0.3, 0.4) is 0 Å². The zero-order valence-electron chi connectivity index (χ0n) is 13.3. The van der Waals surface area contributed by atoms with E-state index in [0.717, 1.165) is 34.0 Å². The molecule has 3 aromatic rings. The number of thiol groups is 1. The predicted octanol–water partition coefficient (Wildman–Crippen LogP) is 5.15. The van der Waals surface area contributed by atoms with Gasteiger partial charge in [-0.05, 0) is 22.8 Å². The fourth-order valence-corrected chi connectivity index (χ4v) is 3.55. The number of halogens is 1. The van der Waals surface area contributed by atoms with E-state index in [1.807, 2.05) is 30.3 Å². The van der Waals surface area contributed by atoms with Gasteiger partial charge in [0.15, 0.2) is 0 Å². The largest absolute Gasteiger partial charge is 0.299 e. The predicted molar refractivity (Wildman–Crippen MR) is 106 cm³/mol. The maximum Gasteiger partial charge on any atom is 0.0962 e. The average Bonchev–Trinajstić information content (AvgIpc) is 2.65. The van der Waals surface area contributed by atoms with Gasteiger partial charge < -0.3 is 0 Å². The lowest BCUT2D eigenvalue weighted by atomic mass is 9.77. The summed E-state index contributed by atoms with van der Waals surface area (Å²) in [5.41, 5.74) is 2.85. The first-order valence-corrected chi connectivity index (χ1v) is 9.02. The molecule has 0 aliphatic heterocycles. The van der Waals surface area contributed by atoms with Crippen molar-refractivity contribution in [1.29, 1.82) is 0 Å². The molecule has 0 atom stereocenters. The fraction of sp³-hybridized carbons (Fsp3) is 0.143. The molecule has 0 aromatic heterocycles. The molecule has 1 N–H and O–H groups in total. The van der Waals surface area contributed by atoms with Gasteiger partial charge in [0.05, 0.1) is 5.54 Å². The molecule has 0 amide bonds. The monoisotopic (exact) mass is 353 g/mol. The topological polar surface area (TPSA) is 12.0 Å². The van der Waals surface area contributed by atoms with Crippen LogP contribution in [0.25, 0.3) is 0 Å². The first-order chi connectivity index (χ1) is 11.8. The second-order valence-corrected chi connectivity index (χ2v) is 6.47. The minimum absolute atomic E-state index is 0.510. The maximum absolute atomic E-state index is 6.63. The second-order valence-electron chi connectivity index (χ2n) is 5.61. The highest BCUT2D eigenvalue weighted by molar-refractivity contribution is 7.80. The van der Waals surface area contributed by atoms with E-state index in [-0.39, 0.29) is 0 Å². The molecular formula is C21H20ClNS. The number of hydrogen-bond acceptors (Lipinski definition) is 2. The summed E-state index contributed by atoms with van der Waals surface area (Å²) in [6, 6.07) is 28.9. The summed E-state index contributed by atoms with van der Waals surface area (Å²) in [5.74, 6) is 0.742. The quantitative estimate of drug-likeness (QED) is 0.461. The van der Waals surface area contributed by atoms with Crippen LogP contribution in [0.2, 0.25) is 5.02 Å². The van der Waals surface area contributed by atoms with Gasteiger partial charge in [0, 0.05) is 17.3 Å². The third kappa shape index (κ3) is 3.23. The standard InChI is InChI=1S/C21H20ClNS/c22-20-14-8-7-13-19(20)21(23-15-16-24,17-9-3-1-4-10-17)18-11-5-2-6-12-18/h1-14,23-24H,15-16H2. The molecule has 3 heteroatoms. The van der Waals surface area contributed by atoms with Gasteiger partial charge >= 0.3 is 0 Å². The number of rotatable bonds is 6. The Morgan fingerprint density at radius 2 is 1.25 bits per heavy atom. The van der Waals surface area contributed by atoms with Crippen LogP contribution in [0.5, 0.6) is 0 Å². The maximum atomic E-state index is 6.63. The highest BCUT2D eigenvalue weighted by Gasteiger charge is 2.37. The third-order valence-corrected chi connectivity index (χ3v) is 4.75. The molecule has 1 nitrogen and oxygen atoms in total. The van der Waals surface area contributed by atoms with Crippen molar-refractivity contribution < 1.29 is 0 Å². The minimum atomic E-state index is -0.510. The molecule has 0 saturated heterocycles. The summed E-state index contributed by atoms with van der Waals surface area (Å²) in [4.78, 5) is 0. The van der Waals surface area contributed by atoms with Crippen molar-refractivity contribution in [2.24, 2.45) is 0 Å². The van der Waals surface area contributed by atoms with Gasteiger partial charge in [-0.1, -0.05) is 90.5 Å². The molecule has 3 aromatic carbocycles. The van der Waals surface area contributed by atoms with Gasteiger partial charge in [-0.2, -0.15) is 12.6 Å². The summed E-state index contributed by atoms with van der Waals surface area (Å²) in [7, 11) is 0. The molecule has 0 fully saturated rings. The normalized spacial score (nSPS) is 11.4. The van der Waals surface area contributed by atoms with E-state index < -0.39 is 5.54 Å². The molecule has 24 heavy (non-hydrogen) atoms. The molecule has 0 saturated carbocycles.